The zero-order valence-electron chi connectivity index (χ0n) is 11.1. The topological polar surface area (TPSA) is 49.3 Å². The fraction of sp³-hybridized carbons (Fsp3) is 0.188. The predicted octanol–water partition coefficient (Wildman–Crippen LogP) is 3.61. The summed E-state index contributed by atoms with van der Waals surface area (Å²) in [6.45, 7) is 4.57. The van der Waals surface area contributed by atoms with Gasteiger partial charge in [-0.3, -0.25) is 0 Å². The summed E-state index contributed by atoms with van der Waals surface area (Å²) in [6, 6.07) is 13.4. The number of rotatable bonds is 4. The Bertz CT molecular complexity index is 605. The van der Waals surface area contributed by atoms with E-state index in [-0.39, 0.29) is 0 Å². The second-order valence-corrected chi connectivity index (χ2v) is 4.65. The van der Waals surface area contributed by atoms with Crippen LogP contribution < -0.4 is 5.32 Å². The first-order valence-corrected chi connectivity index (χ1v) is 6.20. The molecule has 19 heavy (non-hydrogen) atoms. The predicted molar refractivity (Wildman–Crippen MR) is 76.6 cm³/mol. The molecule has 2 N–H and O–H groups in total. The molecule has 0 aliphatic carbocycles. The fourth-order valence-electron chi connectivity index (χ4n) is 2.09. The van der Waals surface area contributed by atoms with E-state index in [1.165, 1.54) is 5.56 Å². The van der Waals surface area contributed by atoms with Gasteiger partial charge in [-0.05, 0) is 31.0 Å². The van der Waals surface area contributed by atoms with Crippen LogP contribution in [0.1, 0.15) is 27.0 Å². The van der Waals surface area contributed by atoms with E-state index in [2.05, 4.69) is 11.4 Å². The highest BCUT2D eigenvalue weighted by molar-refractivity contribution is 5.95. The molecule has 0 amide bonds. The number of nitrogens with one attached hydrogen (secondary N) is 1. The van der Waals surface area contributed by atoms with Crippen molar-refractivity contribution in [1.29, 1.82) is 0 Å². The molecule has 0 spiro atoms. The van der Waals surface area contributed by atoms with E-state index in [0.29, 0.717) is 17.8 Å². The van der Waals surface area contributed by atoms with Crippen LogP contribution in [-0.2, 0) is 6.54 Å². The molecule has 0 aliphatic rings. The molecule has 0 fully saturated rings. The van der Waals surface area contributed by atoms with Gasteiger partial charge >= 0.3 is 5.97 Å². The number of aromatic carboxylic acids is 1. The van der Waals surface area contributed by atoms with Gasteiger partial charge in [-0.2, -0.15) is 0 Å². The van der Waals surface area contributed by atoms with Crippen LogP contribution >= 0.6 is 0 Å². The van der Waals surface area contributed by atoms with E-state index in [4.69, 9.17) is 0 Å². The second-order valence-electron chi connectivity index (χ2n) is 4.65. The Kier molecular flexibility index (Phi) is 3.85. The number of aryl methyl sites for hydroxylation is 2. The lowest BCUT2D eigenvalue weighted by Crippen LogP contribution is -2.08. The van der Waals surface area contributed by atoms with Gasteiger partial charge in [0.15, 0.2) is 0 Å². The van der Waals surface area contributed by atoms with Crippen LogP contribution in [0.15, 0.2) is 42.5 Å². The highest BCUT2D eigenvalue weighted by Crippen LogP contribution is 2.21. The average Bonchev–Trinajstić information content (AvgIpc) is 2.37. The van der Waals surface area contributed by atoms with Gasteiger partial charge < -0.3 is 10.4 Å². The third-order valence-electron chi connectivity index (χ3n) is 3.05. The summed E-state index contributed by atoms with van der Waals surface area (Å²) in [6.07, 6.45) is 0. The van der Waals surface area contributed by atoms with Crippen molar-refractivity contribution in [3.05, 3.63) is 64.7 Å². The van der Waals surface area contributed by atoms with Crippen LogP contribution in [0.3, 0.4) is 0 Å². The van der Waals surface area contributed by atoms with Crippen molar-refractivity contribution in [2.24, 2.45) is 0 Å². The van der Waals surface area contributed by atoms with E-state index in [9.17, 15) is 9.90 Å². The number of benzene rings is 2. The number of carboxylic acid groups (broad SMARTS) is 1. The third kappa shape index (κ3) is 3.13. The van der Waals surface area contributed by atoms with Gasteiger partial charge in [-0.25, -0.2) is 4.79 Å². The maximum Gasteiger partial charge on any atom is 0.337 e. The third-order valence-corrected chi connectivity index (χ3v) is 3.05. The van der Waals surface area contributed by atoms with E-state index < -0.39 is 5.97 Å². The molecule has 0 heterocycles. The number of para-hydroxylation sites is 1. The molecule has 3 nitrogen and oxygen atoms in total. The van der Waals surface area contributed by atoms with E-state index in [1.54, 1.807) is 12.1 Å². The first kappa shape index (κ1) is 13.1. The molecule has 0 radical (unpaired) electrons. The minimum atomic E-state index is -0.907. The lowest BCUT2D eigenvalue weighted by atomic mass is 10.1. The second kappa shape index (κ2) is 5.57. The largest absolute Gasteiger partial charge is 0.478 e. The standard InChI is InChI=1S/C16H17NO2/c1-11-5-3-7-13(9-11)10-17-15-12(2)6-4-8-14(15)16(18)19/h3-9,17H,10H2,1-2H3,(H,18,19). The molecular formula is C16H17NO2. The van der Waals surface area contributed by atoms with Crippen molar-refractivity contribution >= 4 is 11.7 Å². The molecule has 98 valence electrons. The van der Waals surface area contributed by atoms with Gasteiger partial charge in [-0.15, -0.1) is 0 Å². The molecule has 0 atom stereocenters. The summed E-state index contributed by atoms with van der Waals surface area (Å²) in [5, 5.41) is 12.4. The number of carbonyl (C=O) groups is 1. The van der Waals surface area contributed by atoms with Crippen molar-refractivity contribution in [1.82, 2.24) is 0 Å². The SMILES string of the molecule is Cc1cccc(CNc2c(C)cccc2C(=O)O)c1. The average molecular weight is 255 g/mol. The molecule has 0 aromatic heterocycles. The Morgan fingerprint density at radius 3 is 2.58 bits per heavy atom. The highest BCUT2D eigenvalue weighted by atomic mass is 16.4. The Labute approximate surface area is 112 Å². The molecule has 3 heteroatoms. The Morgan fingerprint density at radius 1 is 1.16 bits per heavy atom. The van der Waals surface area contributed by atoms with Crippen molar-refractivity contribution < 1.29 is 9.90 Å². The van der Waals surface area contributed by atoms with Crippen molar-refractivity contribution in [2.75, 3.05) is 5.32 Å². The minimum Gasteiger partial charge on any atom is -0.478 e. The van der Waals surface area contributed by atoms with Crippen molar-refractivity contribution in [3.63, 3.8) is 0 Å². The summed E-state index contributed by atoms with van der Waals surface area (Å²) >= 11 is 0. The first-order chi connectivity index (χ1) is 9.08. The van der Waals surface area contributed by atoms with E-state index in [0.717, 1.165) is 11.1 Å². The first-order valence-electron chi connectivity index (χ1n) is 6.20. The lowest BCUT2D eigenvalue weighted by molar-refractivity contribution is 0.0698. The van der Waals surface area contributed by atoms with E-state index >= 15 is 0 Å². The zero-order valence-corrected chi connectivity index (χ0v) is 11.1. The van der Waals surface area contributed by atoms with Gasteiger partial charge in [0, 0.05) is 6.54 Å². The van der Waals surface area contributed by atoms with Gasteiger partial charge in [0.1, 0.15) is 0 Å². The van der Waals surface area contributed by atoms with Gasteiger partial charge in [0.2, 0.25) is 0 Å². The minimum absolute atomic E-state index is 0.313. The maximum absolute atomic E-state index is 11.2. The van der Waals surface area contributed by atoms with Crippen LogP contribution in [0.2, 0.25) is 0 Å². The maximum atomic E-state index is 11.2. The molecule has 2 aromatic rings. The zero-order chi connectivity index (χ0) is 13.8. The molecule has 0 saturated heterocycles. The van der Waals surface area contributed by atoms with Gasteiger partial charge in [0.05, 0.1) is 11.3 Å². The van der Waals surface area contributed by atoms with Crippen LogP contribution in [0.25, 0.3) is 0 Å². The molecular weight excluding hydrogens is 238 g/mol. The highest BCUT2D eigenvalue weighted by Gasteiger charge is 2.11. The molecule has 0 saturated carbocycles. The Morgan fingerprint density at radius 2 is 1.89 bits per heavy atom. The smallest absolute Gasteiger partial charge is 0.337 e. The summed E-state index contributed by atoms with van der Waals surface area (Å²) in [5.41, 5.74) is 4.28. The van der Waals surface area contributed by atoms with Crippen molar-refractivity contribution in [3.8, 4) is 0 Å². The number of hydrogen-bond acceptors (Lipinski definition) is 2. The van der Waals surface area contributed by atoms with Crippen LogP contribution in [0, 0.1) is 13.8 Å². The molecule has 2 aromatic carbocycles. The summed E-state index contributed by atoms with van der Waals surface area (Å²) in [4.78, 5) is 11.2. The van der Waals surface area contributed by atoms with Crippen LogP contribution in [0.4, 0.5) is 5.69 Å². The van der Waals surface area contributed by atoms with Gasteiger partial charge in [-0.1, -0.05) is 42.0 Å². The summed E-state index contributed by atoms with van der Waals surface area (Å²) < 4.78 is 0. The van der Waals surface area contributed by atoms with Crippen LogP contribution in [0.5, 0.6) is 0 Å². The monoisotopic (exact) mass is 255 g/mol. The van der Waals surface area contributed by atoms with Crippen molar-refractivity contribution in [2.45, 2.75) is 20.4 Å². The fourth-order valence-corrected chi connectivity index (χ4v) is 2.09. The molecule has 0 bridgehead atoms. The molecule has 0 aliphatic heterocycles. The van der Waals surface area contributed by atoms with E-state index in [1.807, 2.05) is 38.1 Å². The summed E-state index contributed by atoms with van der Waals surface area (Å²) in [5.74, 6) is -0.907. The van der Waals surface area contributed by atoms with Gasteiger partial charge in [0.25, 0.3) is 0 Å². The Hall–Kier alpha value is -2.29. The Balaban J connectivity index is 2.22. The lowest BCUT2D eigenvalue weighted by Gasteiger charge is -2.13. The number of hydrogen-bond donors (Lipinski definition) is 2. The number of anilines is 1. The van der Waals surface area contributed by atoms with Crippen LogP contribution in [-0.4, -0.2) is 11.1 Å². The normalized spacial score (nSPS) is 10.2. The molecule has 0 unspecified atom stereocenters. The summed E-state index contributed by atoms with van der Waals surface area (Å²) in [7, 11) is 0. The quantitative estimate of drug-likeness (QED) is 0.877. The molecule has 2 rings (SSSR count). The number of carboxylic acids is 1.